The SMILES string of the molecule is CC1C(O)CNC(CO)[C@H]1O. The van der Waals surface area contributed by atoms with Gasteiger partial charge in [-0.05, 0) is 0 Å². The van der Waals surface area contributed by atoms with E-state index in [0.29, 0.717) is 6.54 Å². The summed E-state index contributed by atoms with van der Waals surface area (Å²) in [4.78, 5) is 0. The first kappa shape index (κ1) is 8.93. The lowest BCUT2D eigenvalue weighted by Crippen LogP contribution is -2.57. The minimum Gasteiger partial charge on any atom is -0.395 e. The monoisotopic (exact) mass is 161 g/mol. The van der Waals surface area contributed by atoms with Crippen LogP contribution in [0.5, 0.6) is 0 Å². The van der Waals surface area contributed by atoms with Crippen LogP contribution in [-0.4, -0.2) is 46.7 Å². The molecule has 4 atom stereocenters. The van der Waals surface area contributed by atoms with Crippen molar-refractivity contribution in [1.29, 1.82) is 0 Å². The zero-order chi connectivity index (χ0) is 8.43. The summed E-state index contributed by atoms with van der Waals surface area (Å²) >= 11 is 0. The number of nitrogens with one attached hydrogen (secondary N) is 1. The lowest BCUT2D eigenvalue weighted by atomic mass is 9.89. The molecular formula is C7H15NO3. The largest absolute Gasteiger partial charge is 0.395 e. The van der Waals surface area contributed by atoms with E-state index >= 15 is 0 Å². The molecule has 4 nitrogen and oxygen atoms in total. The number of hydrogen-bond acceptors (Lipinski definition) is 4. The summed E-state index contributed by atoms with van der Waals surface area (Å²) in [7, 11) is 0. The zero-order valence-electron chi connectivity index (χ0n) is 6.57. The quantitative estimate of drug-likeness (QED) is 0.370. The summed E-state index contributed by atoms with van der Waals surface area (Å²) in [5, 5.41) is 30.3. The first-order valence-corrected chi connectivity index (χ1v) is 3.87. The minimum atomic E-state index is -0.649. The highest BCUT2D eigenvalue weighted by Gasteiger charge is 2.33. The van der Waals surface area contributed by atoms with Gasteiger partial charge in [0, 0.05) is 12.5 Å². The molecule has 1 fully saturated rings. The summed E-state index contributed by atoms with van der Waals surface area (Å²) in [6, 6.07) is -0.284. The molecule has 0 radical (unpaired) electrons. The number of aliphatic hydroxyl groups excluding tert-OH is 3. The molecule has 1 aliphatic heterocycles. The van der Waals surface area contributed by atoms with E-state index in [9.17, 15) is 10.2 Å². The predicted molar refractivity (Wildman–Crippen MR) is 40.1 cm³/mol. The summed E-state index contributed by atoms with van der Waals surface area (Å²) in [5.74, 6) is -0.159. The van der Waals surface area contributed by atoms with E-state index in [1.54, 1.807) is 6.92 Å². The van der Waals surface area contributed by atoms with Crippen LogP contribution in [0.1, 0.15) is 6.92 Å². The molecule has 0 saturated carbocycles. The summed E-state index contributed by atoms with van der Waals surface area (Å²) in [6.07, 6.45) is -1.16. The van der Waals surface area contributed by atoms with Gasteiger partial charge in [-0.25, -0.2) is 0 Å². The van der Waals surface area contributed by atoms with Crippen LogP contribution in [0.4, 0.5) is 0 Å². The molecule has 0 aromatic rings. The molecule has 1 heterocycles. The summed E-state index contributed by atoms with van der Waals surface area (Å²) in [6.45, 7) is 2.14. The zero-order valence-corrected chi connectivity index (χ0v) is 6.57. The van der Waals surface area contributed by atoms with Gasteiger partial charge in [-0.15, -0.1) is 0 Å². The topological polar surface area (TPSA) is 72.7 Å². The van der Waals surface area contributed by atoms with Crippen molar-refractivity contribution in [3.05, 3.63) is 0 Å². The third-order valence-electron chi connectivity index (χ3n) is 2.34. The van der Waals surface area contributed by atoms with Gasteiger partial charge in [0.15, 0.2) is 0 Å². The molecule has 0 aromatic carbocycles. The average molecular weight is 161 g/mol. The van der Waals surface area contributed by atoms with Gasteiger partial charge in [0.1, 0.15) is 0 Å². The fourth-order valence-electron chi connectivity index (χ4n) is 1.35. The number of β-amino-alcohol motifs (C(OH)–C–C–N with tert-alkyl or cyclic N) is 1. The third-order valence-corrected chi connectivity index (χ3v) is 2.34. The fourth-order valence-corrected chi connectivity index (χ4v) is 1.35. The van der Waals surface area contributed by atoms with Gasteiger partial charge in [-0.2, -0.15) is 0 Å². The van der Waals surface area contributed by atoms with Gasteiger partial charge in [0.25, 0.3) is 0 Å². The Labute approximate surface area is 65.9 Å². The highest BCUT2D eigenvalue weighted by atomic mass is 16.3. The number of hydrogen-bond donors (Lipinski definition) is 4. The molecule has 0 amide bonds. The molecule has 1 saturated heterocycles. The molecular weight excluding hydrogens is 146 g/mol. The van der Waals surface area contributed by atoms with E-state index in [2.05, 4.69) is 5.32 Å². The standard InChI is InChI=1S/C7H15NO3/c1-4-6(10)2-8-5(3-9)7(4)11/h4-11H,2-3H2,1H3/t4?,5?,6?,7-/m0/s1. The molecule has 0 aliphatic carbocycles. The van der Waals surface area contributed by atoms with Gasteiger partial charge in [-0.1, -0.05) is 6.92 Å². The number of aliphatic hydroxyl groups is 3. The van der Waals surface area contributed by atoms with Gasteiger partial charge in [0.05, 0.1) is 24.9 Å². The van der Waals surface area contributed by atoms with Gasteiger partial charge in [-0.3, -0.25) is 0 Å². The smallest absolute Gasteiger partial charge is 0.0766 e. The van der Waals surface area contributed by atoms with E-state index < -0.39 is 12.2 Å². The van der Waals surface area contributed by atoms with Crippen molar-refractivity contribution in [1.82, 2.24) is 5.32 Å². The van der Waals surface area contributed by atoms with Crippen molar-refractivity contribution in [2.45, 2.75) is 25.2 Å². The van der Waals surface area contributed by atoms with Crippen LogP contribution in [-0.2, 0) is 0 Å². The van der Waals surface area contributed by atoms with Gasteiger partial charge < -0.3 is 20.6 Å². The number of piperidine rings is 1. The van der Waals surface area contributed by atoms with Crippen LogP contribution in [0.3, 0.4) is 0 Å². The molecule has 0 spiro atoms. The van der Waals surface area contributed by atoms with Crippen molar-refractivity contribution in [2.75, 3.05) is 13.2 Å². The molecule has 3 unspecified atom stereocenters. The lowest BCUT2D eigenvalue weighted by molar-refractivity contribution is -0.0405. The van der Waals surface area contributed by atoms with E-state index in [1.165, 1.54) is 0 Å². The highest BCUT2D eigenvalue weighted by Crippen LogP contribution is 2.16. The van der Waals surface area contributed by atoms with E-state index in [1.807, 2.05) is 0 Å². The van der Waals surface area contributed by atoms with Crippen LogP contribution < -0.4 is 5.32 Å². The van der Waals surface area contributed by atoms with E-state index in [-0.39, 0.29) is 18.6 Å². The second-order valence-corrected chi connectivity index (χ2v) is 3.11. The van der Waals surface area contributed by atoms with Gasteiger partial charge in [0.2, 0.25) is 0 Å². The third kappa shape index (κ3) is 1.70. The molecule has 4 heteroatoms. The molecule has 66 valence electrons. The molecule has 1 rings (SSSR count). The maximum Gasteiger partial charge on any atom is 0.0766 e. The lowest BCUT2D eigenvalue weighted by Gasteiger charge is -2.36. The first-order valence-electron chi connectivity index (χ1n) is 3.87. The molecule has 11 heavy (non-hydrogen) atoms. The minimum absolute atomic E-state index is 0.0851. The van der Waals surface area contributed by atoms with Crippen molar-refractivity contribution < 1.29 is 15.3 Å². The van der Waals surface area contributed by atoms with Crippen molar-refractivity contribution in [3.63, 3.8) is 0 Å². The van der Waals surface area contributed by atoms with Crippen LogP contribution in [0, 0.1) is 5.92 Å². The van der Waals surface area contributed by atoms with Crippen LogP contribution in [0.15, 0.2) is 0 Å². The predicted octanol–water partition coefficient (Wildman–Crippen LogP) is -1.69. The molecule has 0 bridgehead atoms. The van der Waals surface area contributed by atoms with Gasteiger partial charge >= 0.3 is 0 Å². The summed E-state index contributed by atoms with van der Waals surface area (Å²) < 4.78 is 0. The Bertz CT molecular complexity index is 129. The Hall–Kier alpha value is -0.160. The highest BCUT2D eigenvalue weighted by molar-refractivity contribution is 4.89. The Morgan fingerprint density at radius 1 is 1.45 bits per heavy atom. The number of rotatable bonds is 1. The Kier molecular flexibility index (Phi) is 2.84. The normalized spacial score (nSPS) is 45.8. The first-order chi connectivity index (χ1) is 5.16. The van der Waals surface area contributed by atoms with Crippen LogP contribution in [0.2, 0.25) is 0 Å². The molecule has 1 aliphatic rings. The van der Waals surface area contributed by atoms with Crippen LogP contribution >= 0.6 is 0 Å². The van der Waals surface area contributed by atoms with Crippen molar-refractivity contribution in [2.24, 2.45) is 5.92 Å². The Morgan fingerprint density at radius 2 is 2.09 bits per heavy atom. The summed E-state index contributed by atoms with van der Waals surface area (Å²) in [5.41, 5.74) is 0. The fraction of sp³-hybridized carbons (Fsp3) is 1.00. The molecule has 0 aromatic heterocycles. The van der Waals surface area contributed by atoms with Crippen LogP contribution in [0.25, 0.3) is 0 Å². The average Bonchev–Trinajstić information content (AvgIpc) is 2.01. The van der Waals surface area contributed by atoms with E-state index in [0.717, 1.165) is 0 Å². The Balaban J connectivity index is 2.52. The second kappa shape index (κ2) is 3.49. The van der Waals surface area contributed by atoms with Crippen molar-refractivity contribution >= 4 is 0 Å². The maximum atomic E-state index is 9.43. The Morgan fingerprint density at radius 3 is 2.64 bits per heavy atom. The van der Waals surface area contributed by atoms with Crippen molar-refractivity contribution in [3.8, 4) is 0 Å². The maximum absolute atomic E-state index is 9.43. The second-order valence-electron chi connectivity index (χ2n) is 3.11. The van der Waals surface area contributed by atoms with E-state index in [4.69, 9.17) is 5.11 Å². The molecule has 4 N–H and O–H groups in total.